The molecule has 1 fully saturated rings. The molecule has 1 heterocycles. The van der Waals surface area contributed by atoms with Gasteiger partial charge in [0.1, 0.15) is 0 Å². The summed E-state index contributed by atoms with van der Waals surface area (Å²) in [6, 6.07) is 0.422. The van der Waals surface area contributed by atoms with Gasteiger partial charge in [0.05, 0.1) is 13.7 Å². The monoisotopic (exact) mass is 199 g/mol. The van der Waals surface area contributed by atoms with Crippen LogP contribution in [0.2, 0.25) is 0 Å². The summed E-state index contributed by atoms with van der Waals surface area (Å²) in [5.41, 5.74) is 0. The second-order valence-electron chi connectivity index (χ2n) is 3.25. The number of hydrogen-bond donors (Lipinski definition) is 1. The Morgan fingerprint density at radius 1 is 1.71 bits per heavy atom. The Labute approximate surface area is 84.3 Å². The first-order valence-electron chi connectivity index (χ1n) is 4.88. The maximum absolute atomic E-state index is 10.7. The Morgan fingerprint density at radius 3 is 3.21 bits per heavy atom. The zero-order valence-corrected chi connectivity index (χ0v) is 8.49. The fourth-order valence-electron chi connectivity index (χ4n) is 1.36. The molecule has 1 rings (SSSR count). The van der Waals surface area contributed by atoms with Crippen molar-refractivity contribution in [3.63, 3.8) is 0 Å². The van der Waals surface area contributed by atoms with E-state index in [1.165, 1.54) is 13.2 Å². The summed E-state index contributed by atoms with van der Waals surface area (Å²) in [5, 5.41) is 3.28. The number of rotatable bonds is 4. The predicted octanol–water partition coefficient (Wildman–Crippen LogP) is 0.484. The van der Waals surface area contributed by atoms with Crippen molar-refractivity contribution in [2.75, 3.05) is 26.9 Å². The van der Waals surface area contributed by atoms with Crippen LogP contribution in [0.5, 0.6) is 0 Å². The summed E-state index contributed by atoms with van der Waals surface area (Å²) in [5.74, 6) is -0.313. The van der Waals surface area contributed by atoms with Crippen molar-refractivity contribution in [1.82, 2.24) is 5.32 Å². The summed E-state index contributed by atoms with van der Waals surface area (Å²) in [7, 11) is 1.37. The van der Waals surface area contributed by atoms with Crippen LogP contribution in [-0.4, -0.2) is 38.9 Å². The van der Waals surface area contributed by atoms with Gasteiger partial charge in [0, 0.05) is 25.3 Å². The van der Waals surface area contributed by atoms with Gasteiger partial charge in [-0.3, -0.25) is 0 Å². The molecule has 0 aromatic heterocycles. The fraction of sp³-hybridized carbons (Fsp3) is 0.700. The van der Waals surface area contributed by atoms with E-state index in [1.54, 1.807) is 6.08 Å². The van der Waals surface area contributed by atoms with Gasteiger partial charge in [0.25, 0.3) is 0 Å². The fourth-order valence-corrected chi connectivity index (χ4v) is 1.36. The molecule has 0 saturated carbocycles. The van der Waals surface area contributed by atoms with Crippen molar-refractivity contribution in [2.24, 2.45) is 0 Å². The number of hydrogen-bond acceptors (Lipinski definition) is 4. The summed E-state index contributed by atoms with van der Waals surface area (Å²) in [6.07, 6.45) is 5.45. The van der Waals surface area contributed by atoms with Crippen LogP contribution in [-0.2, 0) is 14.3 Å². The second kappa shape index (κ2) is 6.56. The minimum absolute atomic E-state index is 0.313. The first kappa shape index (κ1) is 11.2. The Bertz CT molecular complexity index is 198. The van der Waals surface area contributed by atoms with Gasteiger partial charge >= 0.3 is 5.97 Å². The van der Waals surface area contributed by atoms with E-state index in [4.69, 9.17) is 4.74 Å². The van der Waals surface area contributed by atoms with Gasteiger partial charge in [-0.15, -0.1) is 0 Å². The minimum atomic E-state index is -0.313. The Hall–Kier alpha value is -0.870. The highest BCUT2D eigenvalue weighted by Crippen LogP contribution is 2.04. The Balaban J connectivity index is 2.07. The minimum Gasteiger partial charge on any atom is -0.466 e. The van der Waals surface area contributed by atoms with Gasteiger partial charge < -0.3 is 14.8 Å². The molecule has 1 atom stereocenters. The van der Waals surface area contributed by atoms with Gasteiger partial charge in [-0.05, 0) is 12.8 Å². The highest BCUT2D eigenvalue weighted by Gasteiger charge is 2.11. The summed E-state index contributed by atoms with van der Waals surface area (Å²) >= 11 is 0. The number of ether oxygens (including phenoxy) is 2. The van der Waals surface area contributed by atoms with E-state index >= 15 is 0 Å². The molecule has 0 aromatic carbocycles. The molecular weight excluding hydrogens is 182 g/mol. The molecule has 80 valence electrons. The molecule has 4 heteroatoms. The third kappa shape index (κ3) is 4.39. The lowest BCUT2D eigenvalue weighted by molar-refractivity contribution is -0.134. The summed E-state index contributed by atoms with van der Waals surface area (Å²) in [4.78, 5) is 10.7. The van der Waals surface area contributed by atoms with Crippen molar-refractivity contribution in [3.8, 4) is 0 Å². The van der Waals surface area contributed by atoms with Gasteiger partial charge in [-0.2, -0.15) is 0 Å². The van der Waals surface area contributed by atoms with Crippen molar-refractivity contribution in [2.45, 2.75) is 18.9 Å². The lowest BCUT2D eigenvalue weighted by Gasteiger charge is -2.22. The molecule has 0 radical (unpaired) electrons. The van der Waals surface area contributed by atoms with Gasteiger partial charge in [0.2, 0.25) is 0 Å². The molecule has 0 amide bonds. The van der Waals surface area contributed by atoms with E-state index in [2.05, 4.69) is 10.1 Å². The summed E-state index contributed by atoms with van der Waals surface area (Å²) in [6.45, 7) is 2.32. The van der Waals surface area contributed by atoms with Crippen LogP contribution in [0.15, 0.2) is 12.2 Å². The molecule has 0 aromatic rings. The largest absolute Gasteiger partial charge is 0.466 e. The SMILES string of the molecule is COC(=O)/C=C/CNC1CCCOC1. The number of nitrogens with one attached hydrogen (secondary N) is 1. The second-order valence-corrected chi connectivity index (χ2v) is 3.25. The van der Waals surface area contributed by atoms with Gasteiger partial charge in [-0.1, -0.05) is 6.08 Å². The van der Waals surface area contributed by atoms with Gasteiger partial charge in [-0.25, -0.2) is 4.79 Å². The van der Waals surface area contributed by atoms with Crippen molar-refractivity contribution >= 4 is 5.97 Å². The van der Waals surface area contributed by atoms with Crippen LogP contribution < -0.4 is 5.32 Å². The summed E-state index contributed by atoms with van der Waals surface area (Å²) < 4.78 is 9.77. The Morgan fingerprint density at radius 2 is 2.57 bits per heavy atom. The third-order valence-corrected chi connectivity index (χ3v) is 2.14. The molecule has 14 heavy (non-hydrogen) atoms. The van der Waals surface area contributed by atoms with E-state index in [0.717, 1.165) is 26.1 Å². The molecule has 0 aliphatic carbocycles. The normalized spacial score (nSPS) is 22.5. The van der Waals surface area contributed by atoms with E-state index in [0.29, 0.717) is 12.6 Å². The number of carbonyl (C=O) groups is 1. The highest BCUT2D eigenvalue weighted by atomic mass is 16.5. The Kier molecular flexibility index (Phi) is 5.25. The van der Waals surface area contributed by atoms with E-state index < -0.39 is 0 Å². The van der Waals surface area contributed by atoms with Crippen molar-refractivity contribution in [3.05, 3.63) is 12.2 Å². The highest BCUT2D eigenvalue weighted by molar-refractivity contribution is 5.81. The molecule has 1 unspecified atom stereocenters. The molecular formula is C10H17NO3. The van der Waals surface area contributed by atoms with E-state index in [-0.39, 0.29) is 5.97 Å². The molecule has 4 nitrogen and oxygen atoms in total. The van der Waals surface area contributed by atoms with Crippen LogP contribution >= 0.6 is 0 Å². The molecule has 1 N–H and O–H groups in total. The van der Waals surface area contributed by atoms with Crippen LogP contribution in [0, 0.1) is 0 Å². The van der Waals surface area contributed by atoms with Gasteiger partial charge in [0.15, 0.2) is 0 Å². The predicted molar refractivity (Wildman–Crippen MR) is 53.0 cm³/mol. The van der Waals surface area contributed by atoms with Crippen molar-refractivity contribution < 1.29 is 14.3 Å². The molecule has 1 saturated heterocycles. The lowest BCUT2D eigenvalue weighted by atomic mass is 10.1. The van der Waals surface area contributed by atoms with E-state index in [1.807, 2.05) is 0 Å². The zero-order valence-electron chi connectivity index (χ0n) is 8.49. The smallest absolute Gasteiger partial charge is 0.330 e. The quantitative estimate of drug-likeness (QED) is 0.528. The molecule has 0 spiro atoms. The molecule has 1 aliphatic rings. The maximum Gasteiger partial charge on any atom is 0.330 e. The number of carbonyl (C=O) groups excluding carboxylic acids is 1. The van der Waals surface area contributed by atoms with E-state index in [9.17, 15) is 4.79 Å². The average Bonchev–Trinajstić information content (AvgIpc) is 2.25. The number of methoxy groups -OCH3 is 1. The lowest BCUT2D eigenvalue weighted by Crippen LogP contribution is -2.36. The van der Waals surface area contributed by atoms with Crippen LogP contribution in [0.3, 0.4) is 0 Å². The van der Waals surface area contributed by atoms with Crippen LogP contribution in [0.1, 0.15) is 12.8 Å². The first-order chi connectivity index (χ1) is 6.83. The standard InChI is InChI=1S/C10H17NO3/c1-13-10(12)5-2-6-11-9-4-3-7-14-8-9/h2,5,9,11H,3-4,6-8H2,1H3/b5-2+. The zero-order chi connectivity index (χ0) is 10.2. The van der Waals surface area contributed by atoms with Crippen molar-refractivity contribution in [1.29, 1.82) is 0 Å². The molecule has 0 bridgehead atoms. The maximum atomic E-state index is 10.7. The van der Waals surface area contributed by atoms with Crippen LogP contribution in [0.4, 0.5) is 0 Å². The topological polar surface area (TPSA) is 47.6 Å². The first-order valence-corrected chi connectivity index (χ1v) is 4.88. The molecule has 1 aliphatic heterocycles. The number of esters is 1. The third-order valence-electron chi connectivity index (χ3n) is 2.14. The van der Waals surface area contributed by atoms with Crippen LogP contribution in [0.25, 0.3) is 0 Å². The average molecular weight is 199 g/mol.